The smallest absolute Gasteiger partial charge is 0.138 e. The Morgan fingerprint density at radius 1 is 0.750 bits per heavy atom. The van der Waals surface area contributed by atoms with Gasteiger partial charge in [0.05, 0.1) is 12.4 Å². The summed E-state index contributed by atoms with van der Waals surface area (Å²) < 4.78 is 12.0. The molecule has 0 saturated heterocycles. The summed E-state index contributed by atoms with van der Waals surface area (Å²) in [5.41, 5.74) is 9.78. The SMILES string of the molecule is NCN1CC=CC(OCc2ccccc2)=C1CCCOCCCCCCc1ccccc1. The van der Waals surface area contributed by atoms with Crippen molar-refractivity contribution in [3.63, 3.8) is 0 Å². The van der Waals surface area contributed by atoms with Crippen LogP contribution in [-0.4, -0.2) is 31.3 Å². The maximum absolute atomic E-state index is 6.13. The first kappa shape index (κ1) is 24.1. The lowest BCUT2D eigenvalue weighted by molar-refractivity contribution is 0.124. The molecule has 32 heavy (non-hydrogen) atoms. The summed E-state index contributed by atoms with van der Waals surface area (Å²) in [4.78, 5) is 2.19. The normalized spacial score (nSPS) is 13.6. The average Bonchev–Trinajstić information content (AvgIpc) is 2.85. The van der Waals surface area contributed by atoms with Crippen molar-refractivity contribution in [3.8, 4) is 0 Å². The topological polar surface area (TPSA) is 47.7 Å². The standard InChI is InChI=1S/C28H38N2O2/c29-24-30-20-11-19-28(32-23-26-16-8-4-9-17-26)27(30)18-12-22-31-21-10-2-1-5-13-25-14-6-3-7-15-25/h3-4,6-9,11,14-17,19H,1-2,5,10,12-13,18,20-24,29H2. The van der Waals surface area contributed by atoms with E-state index in [1.807, 2.05) is 18.2 Å². The summed E-state index contributed by atoms with van der Waals surface area (Å²) in [5.74, 6) is 0.934. The summed E-state index contributed by atoms with van der Waals surface area (Å²) in [6, 6.07) is 21.0. The van der Waals surface area contributed by atoms with Crippen LogP contribution in [0.1, 0.15) is 49.7 Å². The monoisotopic (exact) mass is 434 g/mol. The molecule has 0 aromatic heterocycles. The second kappa shape index (κ2) is 14.5. The van der Waals surface area contributed by atoms with E-state index in [0.717, 1.165) is 44.8 Å². The Kier molecular flexibility index (Phi) is 10.9. The Morgan fingerprint density at radius 3 is 2.19 bits per heavy atom. The molecule has 0 saturated carbocycles. The number of hydrogen-bond acceptors (Lipinski definition) is 4. The molecule has 0 radical (unpaired) electrons. The molecule has 3 rings (SSSR count). The molecule has 1 heterocycles. The molecule has 0 amide bonds. The van der Waals surface area contributed by atoms with E-state index in [-0.39, 0.29) is 0 Å². The van der Waals surface area contributed by atoms with Gasteiger partial charge in [-0.1, -0.05) is 79.6 Å². The number of nitrogens with zero attached hydrogens (tertiary/aromatic N) is 1. The van der Waals surface area contributed by atoms with E-state index in [0.29, 0.717) is 13.3 Å². The van der Waals surface area contributed by atoms with Crippen LogP contribution in [0.25, 0.3) is 0 Å². The Balaban J connectivity index is 1.30. The van der Waals surface area contributed by atoms with Crippen LogP contribution in [-0.2, 0) is 22.5 Å². The molecule has 2 aromatic carbocycles. The predicted octanol–water partition coefficient (Wildman–Crippen LogP) is 5.80. The predicted molar refractivity (Wildman–Crippen MR) is 132 cm³/mol. The molecule has 4 heteroatoms. The Bertz CT molecular complexity index is 818. The summed E-state index contributed by atoms with van der Waals surface area (Å²) in [7, 11) is 0. The Morgan fingerprint density at radius 2 is 1.44 bits per heavy atom. The van der Waals surface area contributed by atoms with Crippen molar-refractivity contribution in [2.75, 3.05) is 26.4 Å². The van der Waals surface area contributed by atoms with Gasteiger partial charge in [0.2, 0.25) is 0 Å². The first-order chi connectivity index (χ1) is 15.9. The lowest BCUT2D eigenvalue weighted by Crippen LogP contribution is -2.32. The second-order valence-electron chi connectivity index (χ2n) is 8.26. The molecule has 0 atom stereocenters. The van der Waals surface area contributed by atoms with E-state index in [1.54, 1.807) is 0 Å². The molecule has 2 N–H and O–H groups in total. The van der Waals surface area contributed by atoms with Gasteiger partial charge < -0.3 is 20.1 Å². The number of nitrogens with two attached hydrogens (primary N) is 1. The highest BCUT2D eigenvalue weighted by Crippen LogP contribution is 2.23. The minimum atomic E-state index is 0.502. The largest absolute Gasteiger partial charge is 0.487 e. The molecular formula is C28H38N2O2. The third kappa shape index (κ3) is 8.52. The highest BCUT2D eigenvalue weighted by atomic mass is 16.5. The summed E-state index contributed by atoms with van der Waals surface area (Å²) >= 11 is 0. The van der Waals surface area contributed by atoms with Crippen LogP contribution in [0.2, 0.25) is 0 Å². The van der Waals surface area contributed by atoms with Gasteiger partial charge in [0.25, 0.3) is 0 Å². The van der Waals surface area contributed by atoms with Gasteiger partial charge in [-0.25, -0.2) is 0 Å². The molecular weight excluding hydrogens is 396 g/mol. The van der Waals surface area contributed by atoms with Crippen molar-refractivity contribution >= 4 is 0 Å². The molecule has 0 spiro atoms. The van der Waals surface area contributed by atoms with Crippen molar-refractivity contribution in [3.05, 3.63) is 95.4 Å². The summed E-state index contributed by atoms with van der Waals surface area (Å²) in [6.07, 6.45) is 12.2. The number of unbranched alkanes of at least 4 members (excludes halogenated alkanes) is 3. The maximum atomic E-state index is 6.13. The van der Waals surface area contributed by atoms with E-state index < -0.39 is 0 Å². The lowest BCUT2D eigenvalue weighted by atomic mass is 10.1. The molecule has 1 aliphatic heterocycles. The lowest BCUT2D eigenvalue weighted by Gasteiger charge is -2.29. The van der Waals surface area contributed by atoms with E-state index in [4.69, 9.17) is 15.2 Å². The Labute approximate surface area is 193 Å². The third-order valence-corrected chi connectivity index (χ3v) is 5.77. The third-order valence-electron chi connectivity index (χ3n) is 5.77. The van der Waals surface area contributed by atoms with E-state index in [2.05, 4.69) is 59.5 Å². The average molecular weight is 435 g/mol. The van der Waals surface area contributed by atoms with Crippen molar-refractivity contribution < 1.29 is 9.47 Å². The van der Waals surface area contributed by atoms with Crippen LogP contribution in [0.15, 0.2) is 84.3 Å². The van der Waals surface area contributed by atoms with Gasteiger partial charge >= 0.3 is 0 Å². The highest BCUT2D eigenvalue weighted by molar-refractivity contribution is 5.25. The minimum Gasteiger partial charge on any atom is -0.487 e. The minimum absolute atomic E-state index is 0.502. The van der Waals surface area contributed by atoms with Crippen molar-refractivity contribution in [1.82, 2.24) is 4.90 Å². The van der Waals surface area contributed by atoms with Crippen molar-refractivity contribution in [1.29, 1.82) is 0 Å². The number of rotatable bonds is 15. The first-order valence-corrected chi connectivity index (χ1v) is 12.0. The van der Waals surface area contributed by atoms with Gasteiger partial charge in [-0.05, 0) is 49.3 Å². The fraction of sp³-hybridized carbons (Fsp3) is 0.429. The van der Waals surface area contributed by atoms with Crippen LogP contribution in [0.3, 0.4) is 0 Å². The molecule has 172 valence electrons. The molecule has 2 aromatic rings. The molecule has 0 aliphatic carbocycles. The van der Waals surface area contributed by atoms with Crippen molar-refractivity contribution in [2.24, 2.45) is 5.73 Å². The fourth-order valence-electron chi connectivity index (χ4n) is 3.96. The zero-order valence-electron chi connectivity index (χ0n) is 19.3. The zero-order valence-corrected chi connectivity index (χ0v) is 19.3. The van der Waals surface area contributed by atoms with Crippen LogP contribution < -0.4 is 5.73 Å². The number of allylic oxidation sites excluding steroid dienone is 2. The van der Waals surface area contributed by atoms with Gasteiger partial charge in [-0.15, -0.1) is 0 Å². The summed E-state index contributed by atoms with van der Waals surface area (Å²) in [5, 5.41) is 0. The molecule has 1 aliphatic rings. The molecule has 0 bridgehead atoms. The zero-order chi connectivity index (χ0) is 22.3. The van der Waals surface area contributed by atoms with E-state index in [1.165, 1.54) is 42.5 Å². The maximum Gasteiger partial charge on any atom is 0.138 e. The van der Waals surface area contributed by atoms with Gasteiger partial charge in [0.1, 0.15) is 12.4 Å². The first-order valence-electron chi connectivity index (χ1n) is 12.0. The van der Waals surface area contributed by atoms with Gasteiger partial charge in [-0.3, -0.25) is 0 Å². The van der Waals surface area contributed by atoms with Gasteiger partial charge in [-0.2, -0.15) is 0 Å². The van der Waals surface area contributed by atoms with E-state index in [9.17, 15) is 0 Å². The van der Waals surface area contributed by atoms with Crippen LogP contribution in [0.4, 0.5) is 0 Å². The Hall–Kier alpha value is -2.56. The molecule has 0 unspecified atom stereocenters. The van der Waals surface area contributed by atoms with Crippen molar-refractivity contribution in [2.45, 2.75) is 51.6 Å². The van der Waals surface area contributed by atoms with Crippen LogP contribution >= 0.6 is 0 Å². The van der Waals surface area contributed by atoms with E-state index >= 15 is 0 Å². The molecule has 4 nitrogen and oxygen atoms in total. The highest BCUT2D eigenvalue weighted by Gasteiger charge is 2.16. The quantitative estimate of drug-likeness (QED) is 0.360. The summed E-state index contributed by atoms with van der Waals surface area (Å²) in [6.45, 7) is 3.54. The number of benzene rings is 2. The molecule has 0 fully saturated rings. The fourth-order valence-corrected chi connectivity index (χ4v) is 3.96. The number of ether oxygens (including phenoxy) is 2. The second-order valence-corrected chi connectivity index (χ2v) is 8.26. The number of aryl methyl sites for hydroxylation is 1. The van der Waals surface area contributed by atoms with Gasteiger partial charge in [0.15, 0.2) is 0 Å². The van der Waals surface area contributed by atoms with Crippen LogP contribution in [0.5, 0.6) is 0 Å². The van der Waals surface area contributed by atoms with Gasteiger partial charge in [0, 0.05) is 19.8 Å². The number of hydrogen-bond donors (Lipinski definition) is 1. The van der Waals surface area contributed by atoms with Crippen LogP contribution in [0, 0.1) is 0 Å².